The van der Waals surface area contributed by atoms with Gasteiger partial charge in [0, 0.05) is 62.0 Å². The SMILES string of the molecule is C=CN(/C=C\C)c1cc(C)nc2c(OCc3c(Cl)cncc3CN(C)C(C)=O)cccc12. The number of carbonyl (C=O) groups excluding carboxylic acids is 1. The van der Waals surface area contributed by atoms with E-state index in [0.717, 1.165) is 33.4 Å². The van der Waals surface area contributed by atoms with Gasteiger partial charge in [0.25, 0.3) is 0 Å². The molecule has 6 nitrogen and oxygen atoms in total. The average Bonchev–Trinajstić information content (AvgIpc) is 2.76. The van der Waals surface area contributed by atoms with Crippen molar-refractivity contribution in [2.45, 2.75) is 33.9 Å². The number of benzene rings is 1. The van der Waals surface area contributed by atoms with Crippen LogP contribution in [0.5, 0.6) is 5.75 Å². The van der Waals surface area contributed by atoms with Crippen LogP contribution < -0.4 is 9.64 Å². The lowest BCUT2D eigenvalue weighted by Crippen LogP contribution is -2.24. The van der Waals surface area contributed by atoms with Crippen LogP contribution in [0.1, 0.15) is 30.7 Å². The van der Waals surface area contributed by atoms with Gasteiger partial charge in [0.15, 0.2) is 0 Å². The van der Waals surface area contributed by atoms with E-state index >= 15 is 0 Å². The lowest BCUT2D eigenvalue weighted by molar-refractivity contribution is -0.128. The first-order valence-electron chi connectivity index (χ1n) is 10.3. The summed E-state index contributed by atoms with van der Waals surface area (Å²) >= 11 is 6.44. The minimum absolute atomic E-state index is 0.0361. The van der Waals surface area contributed by atoms with Gasteiger partial charge >= 0.3 is 0 Å². The maximum Gasteiger partial charge on any atom is 0.219 e. The highest BCUT2D eigenvalue weighted by Crippen LogP contribution is 2.33. The van der Waals surface area contributed by atoms with Gasteiger partial charge in [-0.3, -0.25) is 9.78 Å². The van der Waals surface area contributed by atoms with E-state index in [9.17, 15) is 4.79 Å². The van der Waals surface area contributed by atoms with E-state index in [0.29, 0.717) is 17.3 Å². The first kappa shape index (κ1) is 23.3. The molecule has 0 aliphatic heterocycles. The number of amides is 1. The monoisotopic (exact) mass is 450 g/mol. The largest absolute Gasteiger partial charge is 0.487 e. The van der Waals surface area contributed by atoms with Crippen LogP contribution in [0.4, 0.5) is 5.69 Å². The summed E-state index contributed by atoms with van der Waals surface area (Å²) in [5, 5.41) is 1.44. The summed E-state index contributed by atoms with van der Waals surface area (Å²) in [5.74, 6) is 0.613. The summed E-state index contributed by atoms with van der Waals surface area (Å²) in [5.41, 5.74) is 4.22. The molecule has 0 radical (unpaired) electrons. The first-order valence-corrected chi connectivity index (χ1v) is 10.6. The standard InChI is InChI=1S/C25H27ClN4O2/c1-6-11-30(7-2)23-12-17(3)28-25-20(23)9-8-10-24(25)32-16-21-19(13-27-14-22(21)26)15-29(5)18(4)31/h6-14H,2,15-16H2,1,3-5H3/b11-6-. The van der Waals surface area contributed by atoms with Gasteiger partial charge < -0.3 is 14.5 Å². The number of rotatable bonds is 8. The van der Waals surface area contributed by atoms with Crippen LogP contribution in [0.15, 0.2) is 61.7 Å². The van der Waals surface area contributed by atoms with E-state index in [1.165, 1.54) is 6.92 Å². The Labute approximate surface area is 193 Å². The number of para-hydroxylation sites is 1. The molecule has 1 amide bonds. The molecule has 0 bridgehead atoms. The topological polar surface area (TPSA) is 58.6 Å². The molecule has 0 unspecified atom stereocenters. The van der Waals surface area contributed by atoms with Crippen molar-refractivity contribution in [3.63, 3.8) is 0 Å². The number of aromatic nitrogens is 2. The second-order valence-corrected chi connectivity index (χ2v) is 7.84. The number of aryl methyl sites for hydroxylation is 1. The highest BCUT2D eigenvalue weighted by Gasteiger charge is 2.15. The minimum Gasteiger partial charge on any atom is -0.487 e. The summed E-state index contributed by atoms with van der Waals surface area (Å²) in [4.78, 5) is 24.1. The normalized spacial score (nSPS) is 11.0. The molecule has 0 aliphatic carbocycles. The second-order valence-electron chi connectivity index (χ2n) is 7.43. The first-order chi connectivity index (χ1) is 15.3. The molecule has 1 aromatic carbocycles. The third-order valence-electron chi connectivity index (χ3n) is 5.10. The van der Waals surface area contributed by atoms with Gasteiger partial charge in [-0.1, -0.05) is 36.4 Å². The molecule has 0 saturated heterocycles. The molecule has 0 fully saturated rings. The Morgan fingerprint density at radius 3 is 2.78 bits per heavy atom. The van der Waals surface area contributed by atoms with Crippen molar-refractivity contribution in [1.82, 2.24) is 14.9 Å². The van der Waals surface area contributed by atoms with Gasteiger partial charge in [0.05, 0.1) is 10.7 Å². The van der Waals surface area contributed by atoms with Crippen molar-refractivity contribution in [2.24, 2.45) is 0 Å². The number of hydrogen-bond donors (Lipinski definition) is 0. The minimum atomic E-state index is -0.0361. The van der Waals surface area contributed by atoms with Crippen LogP contribution in [0, 0.1) is 6.92 Å². The van der Waals surface area contributed by atoms with E-state index in [4.69, 9.17) is 21.3 Å². The number of nitrogens with zero attached hydrogens (tertiary/aromatic N) is 4. The predicted octanol–water partition coefficient (Wildman–Crippen LogP) is 5.63. The smallest absolute Gasteiger partial charge is 0.219 e. The maximum atomic E-state index is 11.7. The van der Waals surface area contributed by atoms with Crippen LogP contribution in [0.2, 0.25) is 5.02 Å². The molecule has 2 heterocycles. The number of carbonyl (C=O) groups is 1. The summed E-state index contributed by atoms with van der Waals surface area (Å²) in [6, 6.07) is 7.86. The summed E-state index contributed by atoms with van der Waals surface area (Å²) in [7, 11) is 1.74. The van der Waals surface area contributed by atoms with Crippen LogP contribution >= 0.6 is 11.6 Å². The molecule has 7 heteroatoms. The molecule has 0 aliphatic rings. The van der Waals surface area contributed by atoms with Crippen molar-refractivity contribution in [3.8, 4) is 5.75 Å². The number of allylic oxidation sites excluding steroid dienone is 1. The third-order valence-corrected chi connectivity index (χ3v) is 5.43. The fraction of sp³-hybridized carbons (Fsp3) is 0.240. The van der Waals surface area contributed by atoms with Crippen LogP contribution in [0.3, 0.4) is 0 Å². The lowest BCUT2D eigenvalue weighted by Gasteiger charge is -2.20. The van der Waals surface area contributed by atoms with E-state index in [1.54, 1.807) is 30.5 Å². The Hall–Kier alpha value is -3.38. The van der Waals surface area contributed by atoms with Gasteiger partial charge in [0.1, 0.15) is 17.9 Å². The number of halogens is 1. The van der Waals surface area contributed by atoms with E-state index in [1.807, 2.05) is 55.3 Å². The van der Waals surface area contributed by atoms with E-state index < -0.39 is 0 Å². The quantitative estimate of drug-likeness (QED) is 0.445. The van der Waals surface area contributed by atoms with Gasteiger partial charge in [-0.25, -0.2) is 4.98 Å². The van der Waals surface area contributed by atoms with Crippen LogP contribution in [-0.2, 0) is 17.9 Å². The summed E-state index contributed by atoms with van der Waals surface area (Å²) < 4.78 is 6.21. The number of ether oxygens (including phenoxy) is 1. The second kappa shape index (κ2) is 10.3. The molecule has 2 aromatic heterocycles. The highest BCUT2D eigenvalue weighted by molar-refractivity contribution is 6.31. The molecule has 0 spiro atoms. The summed E-state index contributed by atoms with van der Waals surface area (Å²) in [6.07, 6.45) is 8.96. The number of anilines is 1. The molecule has 3 aromatic rings. The number of hydrogen-bond acceptors (Lipinski definition) is 5. The molecule has 166 valence electrons. The maximum absolute atomic E-state index is 11.7. The van der Waals surface area contributed by atoms with Crippen molar-refractivity contribution in [2.75, 3.05) is 11.9 Å². The van der Waals surface area contributed by atoms with Gasteiger partial charge in [-0.05, 0) is 31.5 Å². The molecular formula is C25H27ClN4O2. The Morgan fingerprint density at radius 2 is 2.09 bits per heavy atom. The zero-order valence-corrected chi connectivity index (χ0v) is 19.6. The van der Waals surface area contributed by atoms with Crippen molar-refractivity contribution in [1.29, 1.82) is 0 Å². The Morgan fingerprint density at radius 1 is 1.31 bits per heavy atom. The van der Waals surface area contributed by atoms with Crippen molar-refractivity contribution in [3.05, 3.63) is 83.6 Å². The van der Waals surface area contributed by atoms with Gasteiger partial charge in [0.2, 0.25) is 5.91 Å². The fourth-order valence-electron chi connectivity index (χ4n) is 3.38. The van der Waals surface area contributed by atoms with E-state index in [2.05, 4.69) is 11.6 Å². The van der Waals surface area contributed by atoms with Crippen molar-refractivity contribution < 1.29 is 9.53 Å². The van der Waals surface area contributed by atoms with Crippen LogP contribution in [0.25, 0.3) is 10.9 Å². The van der Waals surface area contributed by atoms with Crippen LogP contribution in [-0.4, -0.2) is 27.8 Å². The van der Waals surface area contributed by atoms with E-state index in [-0.39, 0.29) is 12.5 Å². The molecule has 0 atom stereocenters. The molecular weight excluding hydrogens is 424 g/mol. The number of pyridine rings is 2. The number of fused-ring (bicyclic) bond motifs is 1. The highest BCUT2D eigenvalue weighted by atomic mass is 35.5. The third kappa shape index (κ3) is 5.08. The lowest BCUT2D eigenvalue weighted by atomic mass is 10.1. The molecule has 0 N–H and O–H groups in total. The zero-order chi connectivity index (χ0) is 23.3. The predicted molar refractivity (Wildman–Crippen MR) is 130 cm³/mol. The van der Waals surface area contributed by atoms with Gasteiger partial charge in [-0.2, -0.15) is 0 Å². The Kier molecular flexibility index (Phi) is 7.49. The Balaban J connectivity index is 1.99. The molecule has 3 rings (SSSR count). The Bertz CT molecular complexity index is 1180. The van der Waals surface area contributed by atoms with Crippen molar-refractivity contribution >= 4 is 34.1 Å². The zero-order valence-electron chi connectivity index (χ0n) is 18.8. The molecule has 32 heavy (non-hydrogen) atoms. The van der Waals surface area contributed by atoms with Gasteiger partial charge in [-0.15, -0.1) is 0 Å². The molecule has 0 saturated carbocycles. The fourth-order valence-corrected chi connectivity index (χ4v) is 3.61. The average molecular weight is 451 g/mol. The summed E-state index contributed by atoms with van der Waals surface area (Å²) in [6.45, 7) is 9.98.